The lowest BCUT2D eigenvalue weighted by Gasteiger charge is -2.18. The van der Waals surface area contributed by atoms with E-state index < -0.39 is 0 Å². The third kappa shape index (κ3) is 3.44. The van der Waals surface area contributed by atoms with Crippen molar-refractivity contribution in [1.82, 2.24) is 14.9 Å². The largest absolute Gasteiger partial charge is 0.338 e. The molecule has 3 nitrogen and oxygen atoms in total. The van der Waals surface area contributed by atoms with Crippen LogP contribution in [0.25, 0.3) is 0 Å². The van der Waals surface area contributed by atoms with Gasteiger partial charge >= 0.3 is 0 Å². The SMILES string of the molecule is CNC(CCc1nccn1C)c1cc(C)cc(C)c1. The molecule has 1 N–H and O–H groups in total. The van der Waals surface area contributed by atoms with Crippen LogP contribution in [-0.2, 0) is 13.5 Å². The molecule has 1 atom stereocenters. The number of nitrogens with zero attached hydrogens (tertiary/aromatic N) is 2. The summed E-state index contributed by atoms with van der Waals surface area (Å²) in [6.45, 7) is 4.31. The van der Waals surface area contributed by atoms with Gasteiger partial charge in [0, 0.05) is 31.9 Å². The fraction of sp³-hybridized carbons (Fsp3) is 0.438. The highest BCUT2D eigenvalue weighted by molar-refractivity contribution is 5.30. The zero-order chi connectivity index (χ0) is 13.8. The molecule has 2 aromatic rings. The van der Waals surface area contributed by atoms with E-state index in [2.05, 4.69) is 46.9 Å². The molecule has 0 aliphatic heterocycles. The van der Waals surface area contributed by atoms with Gasteiger partial charge in [-0.3, -0.25) is 0 Å². The molecule has 3 heteroatoms. The van der Waals surface area contributed by atoms with Crippen LogP contribution in [0.5, 0.6) is 0 Å². The van der Waals surface area contributed by atoms with Crippen molar-refractivity contribution in [2.75, 3.05) is 7.05 Å². The molecule has 0 saturated carbocycles. The fourth-order valence-electron chi connectivity index (χ4n) is 2.60. The van der Waals surface area contributed by atoms with E-state index in [1.807, 2.05) is 26.5 Å². The minimum atomic E-state index is 0.385. The fourth-order valence-corrected chi connectivity index (χ4v) is 2.60. The Morgan fingerprint density at radius 3 is 2.42 bits per heavy atom. The normalized spacial score (nSPS) is 12.6. The molecule has 0 amide bonds. The molecule has 2 rings (SSSR count). The van der Waals surface area contributed by atoms with E-state index >= 15 is 0 Å². The van der Waals surface area contributed by atoms with Gasteiger partial charge in [-0.25, -0.2) is 4.98 Å². The minimum Gasteiger partial charge on any atom is -0.338 e. The molecule has 102 valence electrons. The Balaban J connectivity index is 2.09. The molecule has 1 heterocycles. The first-order valence-corrected chi connectivity index (χ1v) is 6.82. The number of benzene rings is 1. The van der Waals surface area contributed by atoms with E-state index in [-0.39, 0.29) is 0 Å². The summed E-state index contributed by atoms with van der Waals surface area (Å²) in [6, 6.07) is 7.14. The molecule has 19 heavy (non-hydrogen) atoms. The Morgan fingerprint density at radius 2 is 1.89 bits per heavy atom. The highest BCUT2D eigenvalue weighted by Crippen LogP contribution is 2.21. The van der Waals surface area contributed by atoms with E-state index in [0.29, 0.717) is 6.04 Å². The summed E-state index contributed by atoms with van der Waals surface area (Å²) >= 11 is 0. The van der Waals surface area contributed by atoms with Crippen LogP contribution in [0.4, 0.5) is 0 Å². The summed E-state index contributed by atoms with van der Waals surface area (Å²) < 4.78 is 2.09. The second-order valence-electron chi connectivity index (χ2n) is 5.26. The maximum atomic E-state index is 4.39. The van der Waals surface area contributed by atoms with E-state index in [9.17, 15) is 0 Å². The van der Waals surface area contributed by atoms with E-state index in [1.54, 1.807) is 0 Å². The van der Waals surface area contributed by atoms with Crippen LogP contribution in [-0.4, -0.2) is 16.6 Å². The number of aromatic nitrogens is 2. The van der Waals surface area contributed by atoms with Crippen molar-refractivity contribution in [3.8, 4) is 0 Å². The van der Waals surface area contributed by atoms with Crippen molar-refractivity contribution in [3.05, 3.63) is 53.1 Å². The molecular weight excluding hydrogens is 234 g/mol. The molecule has 0 fully saturated rings. The molecule has 0 radical (unpaired) electrons. The van der Waals surface area contributed by atoms with Gasteiger partial charge in [0.1, 0.15) is 5.82 Å². The first-order chi connectivity index (χ1) is 9.10. The zero-order valence-corrected chi connectivity index (χ0v) is 12.3. The molecule has 0 aliphatic rings. The lowest BCUT2D eigenvalue weighted by atomic mass is 9.98. The van der Waals surface area contributed by atoms with Crippen LogP contribution in [0.15, 0.2) is 30.6 Å². The first-order valence-electron chi connectivity index (χ1n) is 6.82. The highest BCUT2D eigenvalue weighted by Gasteiger charge is 2.11. The summed E-state index contributed by atoms with van der Waals surface area (Å²) in [4.78, 5) is 4.39. The average molecular weight is 257 g/mol. The average Bonchev–Trinajstić information content (AvgIpc) is 2.75. The van der Waals surface area contributed by atoms with Crippen molar-refractivity contribution in [3.63, 3.8) is 0 Å². The van der Waals surface area contributed by atoms with Crippen molar-refractivity contribution < 1.29 is 0 Å². The Labute approximate surface area is 115 Å². The lowest BCUT2D eigenvalue weighted by Crippen LogP contribution is -2.18. The third-order valence-corrected chi connectivity index (χ3v) is 3.57. The predicted octanol–water partition coefficient (Wildman–Crippen LogP) is 2.93. The van der Waals surface area contributed by atoms with Gasteiger partial charge in [0.15, 0.2) is 0 Å². The smallest absolute Gasteiger partial charge is 0.108 e. The number of nitrogens with one attached hydrogen (secondary N) is 1. The Kier molecular flexibility index (Phi) is 4.38. The van der Waals surface area contributed by atoms with Crippen molar-refractivity contribution in [1.29, 1.82) is 0 Å². The molecular formula is C16H23N3. The zero-order valence-electron chi connectivity index (χ0n) is 12.3. The Bertz CT molecular complexity index is 522. The summed E-state index contributed by atoms with van der Waals surface area (Å²) in [6.07, 6.45) is 5.91. The maximum Gasteiger partial charge on any atom is 0.108 e. The van der Waals surface area contributed by atoms with Crippen molar-refractivity contribution >= 4 is 0 Å². The van der Waals surface area contributed by atoms with Crippen molar-refractivity contribution in [2.24, 2.45) is 7.05 Å². The Hall–Kier alpha value is -1.61. The second kappa shape index (κ2) is 6.02. The Morgan fingerprint density at radius 1 is 1.21 bits per heavy atom. The summed E-state index contributed by atoms with van der Waals surface area (Å²) in [5.41, 5.74) is 4.02. The van der Waals surface area contributed by atoms with Crippen LogP contribution in [0, 0.1) is 13.8 Å². The number of hydrogen-bond acceptors (Lipinski definition) is 2. The predicted molar refractivity (Wildman–Crippen MR) is 79.2 cm³/mol. The van der Waals surface area contributed by atoms with Crippen LogP contribution in [0.2, 0.25) is 0 Å². The second-order valence-corrected chi connectivity index (χ2v) is 5.26. The van der Waals surface area contributed by atoms with E-state index in [1.165, 1.54) is 16.7 Å². The standard InChI is InChI=1S/C16H23N3/c1-12-9-13(2)11-14(10-12)15(17-3)5-6-16-18-7-8-19(16)4/h7-11,15,17H,5-6H2,1-4H3. The lowest BCUT2D eigenvalue weighted by molar-refractivity contribution is 0.535. The molecule has 1 aromatic carbocycles. The van der Waals surface area contributed by atoms with Gasteiger partial charge in [-0.2, -0.15) is 0 Å². The highest BCUT2D eigenvalue weighted by atomic mass is 15.0. The van der Waals surface area contributed by atoms with Crippen molar-refractivity contribution in [2.45, 2.75) is 32.7 Å². The maximum absolute atomic E-state index is 4.39. The van der Waals surface area contributed by atoms with Gasteiger partial charge in [-0.15, -0.1) is 0 Å². The van der Waals surface area contributed by atoms with Gasteiger partial charge in [-0.1, -0.05) is 29.3 Å². The van der Waals surface area contributed by atoms with Gasteiger partial charge in [-0.05, 0) is 32.9 Å². The molecule has 0 saturated heterocycles. The third-order valence-electron chi connectivity index (χ3n) is 3.57. The molecule has 1 aromatic heterocycles. The molecule has 1 unspecified atom stereocenters. The van der Waals surface area contributed by atoms with Gasteiger partial charge in [0.2, 0.25) is 0 Å². The molecule has 0 aliphatic carbocycles. The topological polar surface area (TPSA) is 29.9 Å². The van der Waals surface area contributed by atoms with E-state index in [0.717, 1.165) is 18.7 Å². The monoisotopic (exact) mass is 257 g/mol. The summed E-state index contributed by atoms with van der Waals surface area (Å²) in [5, 5.41) is 3.42. The number of hydrogen-bond donors (Lipinski definition) is 1. The van der Waals surface area contributed by atoms with Crippen LogP contribution in [0.1, 0.15) is 35.0 Å². The van der Waals surface area contributed by atoms with Gasteiger partial charge in [0.25, 0.3) is 0 Å². The van der Waals surface area contributed by atoms with Crippen LogP contribution >= 0.6 is 0 Å². The first kappa shape index (κ1) is 13.8. The number of rotatable bonds is 5. The summed E-state index contributed by atoms with van der Waals surface area (Å²) in [5.74, 6) is 1.14. The van der Waals surface area contributed by atoms with E-state index in [4.69, 9.17) is 0 Å². The van der Waals surface area contributed by atoms with Crippen LogP contribution < -0.4 is 5.32 Å². The van der Waals surface area contributed by atoms with Gasteiger partial charge in [0.05, 0.1) is 0 Å². The van der Waals surface area contributed by atoms with Crippen LogP contribution in [0.3, 0.4) is 0 Å². The number of aryl methyl sites for hydroxylation is 4. The minimum absolute atomic E-state index is 0.385. The quantitative estimate of drug-likeness (QED) is 0.892. The summed E-state index contributed by atoms with van der Waals surface area (Å²) in [7, 11) is 4.08. The number of imidazole rings is 1. The molecule has 0 bridgehead atoms. The van der Waals surface area contributed by atoms with Gasteiger partial charge < -0.3 is 9.88 Å². The molecule has 0 spiro atoms.